The second-order valence-electron chi connectivity index (χ2n) is 8.92. The molecule has 0 bridgehead atoms. The minimum atomic E-state index is -0.856. The van der Waals surface area contributed by atoms with Crippen molar-refractivity contribution in [3.8, 4) is 17.2 Å². The fourth-order valence-electron chi connectivity index (χ4n) is 4.45. The van der Waals surface area contributed by atoms with Crippen molar-refractivity contribution < 1.29 is 33.3 Å². The minimum absolute atomic E-state index is 0.153. The first kappa shape index (κ1) is 31.0. The summed E-state index contributed by atoms with van der Waals surface area (Å²) in [5.74, 6) is 0.169. The summed E-state index contributed by atoms with van der Waals surface area (Å²) in [5.41, 5.74) is 1.64. The van der Waals surface area contributed by atoms with Crippen molar-refractivity contribution in [1.29, 1.82) is 0 Å². The number of methoxy groups -OCH3 is 1. The topological polar surface area (TPSA) is 115 Å². The summed E-state index contributed by atoms with van der Waals surface area (Å²) in [7, 11) is 1.27. The molecule has 1 aromatic heterocycles. The Hall–Kier alpha value is -3.90. The van der Waals surface area contributed by atoms with Crippen LogP contribution < -0.4 is 29.1 Å². The number of nitrogens with zero attached hydrogens (tertiary/aromatic N) is 2. The lowest BCUT2D eigenvalue weighted by atomic mass is 9.95. The first-order valence-corrected chi connectivity index (χ1v) is 14.9. The van der Waals surface area contributed by atoms with Gasteiger partial charge < -0.3 is 23.7 Å². The smallest absolute Gasteiger partial charge is 0.343 e. The monoisotopic (exact) mass is 658 g/mol. The van der Waals surface area contributed by atoms with Crippen molar-refractivity contribution in [2.24, 2.45) is 4.99 Å². The van der Waals surface area contributed by atoms with Gasteiger partial charge in [-0.3, -0.25) is 9.36 Å². The van der Waals surface area contributed by atoms with Crippen LogP contribution in [-0.4, -0.2) is 50.0 Å². The van der Waals surface area contributed by atoms with Crippen LogP contribution in [0.5, 0.6) is 17.2 Å². The summed E-state index contributed by atoms with van der Waals surface area (Å²) in [4.78, 5) is 44.0. The molecule has 0 unspecified atom stereocenters. The largest absolute Gasteiger partial charge is 0.493 e. The third-order valence-electron chi connectivity index (χ3n) is 6.23. The van der Waals surface area contributed by atoms with Crippen molar-refractivity contribution in [1.82, 2.24) is 4.57 Å². The molecule has 10 nitrogen and oxygen atoms in total. The van der Waals surface area contributed by atoms with E-state index in [0.717, 1.165) is 10.0 Å². The molecule has 0 saturated carbocycles. The molecule has 1 aliphatic rings. The number of esters is 2. The maximum absolute atomic E-state index is 14.0. The standard InChI is InChI=1S/C30H31BrN2O8S/c1-6-38-21-12-10-20(31)13-19(21)15-24-28(35)33-27(26(29(36)40-8-3)17(4)32-30(33)42-24)18-9-11-22(23(14-18)39-7-2)41-16-25(34)37-5/h9-15,27H,6-8,16H2,1-5H3/b24-15-/t27-/m0/s1. The van der Waals surface area contributed by atoms with Gasteiger partial charge in [0.15, 0.2) is 22.9 Å². The zero-order chi connectivity index (χ0) is 30.4. The van der Waals surface area contributed by atoms with Gasteiger partial charge >= 0.3 is 11.9 Å². The number of benzene rings is 2. The number of carbonyl (C=O) groups is 2. The molecule has 0 radical (unpaired) electrons. The molecule has 0 N–H and O–H groups in total. The number of halogens is 1. The van der Waals surface area contributed by atoms with Crippen LogP contribution in [0.2, 0.25) is 0 Å². The number of aromatic nitrogens is 1. The van der Waals surface area contributed by atoms with Crippen LogP contribution in [-0.2, 0) is 19.1 Å². The van der Waals surface area contributed by atoms with E-state index in [1.54, 1.807) is 38.1 Å². The molecule has 12 heteroatoms. The first-order chi connectivity index (χ1) is 20.2. The van der Waals surface area contributed by atoms with Crippen molar-refractivity contribution in [3.05, 3.63) is 83.0 Å². The highest BCUT2D eigenvalue weighted by molar-refractivity contribution is 9.10. The Morgan fingerprint density at radius 3 is 2.40 bits per heavy atom. The van der Waals surface area contributed by atoms with Gasteiger partial charge in [-0.25, -0.2) is 14.6 Å². The number of fused-ring (bicyclic) bond motifs is 1. The van der Waals surface area contributed by atoms with Crippen LogP contribution >= 0.6 is 27.3 Å². The Morgan fingerprint density at radius 2 is 1.71 bits per heavy atom. The van der Waals surface area contributed by atoms with Crippen molar-refractivity contribution in [3.63, 3.8) is 0 Å². The molecule has 2 aromatic carbocycles. The van der Waals surface area contributed by atoms with E-state index in [-0.39, 0.29) is 24.3 Å². The van der Waals surface area contributed by atoms with E-state index in [9.17, 15) is 14.4 Å². The van der Waals surface area contributed by atoms with Gasteiger partial charge in [0, 0.05) is 10.0 Å². The highest BCUT2D eigenvalue weighted by atomic mass is 79.9. The molecular formula is C30H31BrN2O8S. The van der Waals surface area contributed by atoms with Crippen LogP contribution in [0.4, 0.5) is 0 Å². The van der Waals surface area contributed by atoms with Gasteiger partial charge in [0.2, 0.25) is 0 Å². The Bertz CT molecular complexity index is 1710. The van der Waals surface area contributed by atoms with Gasteiger partial charge in [-0.15, -0.1) is 0 Å². The lowest BCUT2D eigenvalue weighted by Crippen LogP contribution is -2.40. The van der Waals surface area contributed by atoms with Crippen LogP contribution in [0.25, 0.3) is 6.08 Å². The first-order valence-electron chi connectivity index (χ1n) is 13.3. The zero-order valence-electron chi connectivity index (χ0n) is 23.9. The highest BCUT2D eigenvalue weighted by Gasteiger charge is 2.34. The quantitative estimate of drug-likeness (QED) is 0.285. The second kappa shape index (κ2) is 13.8. The number of thiazole rings is 1. The van der Waals surface area contributed by atoms with Gasteiger partial charge in [-0.1, -0.05) is 33.3 Å². The van der Waals surface area contributed by atoms with E-state index in [0.29, 0.717) is 51.1 Å². The SMILES string of the molecule is CCOC(=O)C1=C(C)N=c2s/c(=C\c3cc(Br)ccc3OCC)c(=O)n2[C@H]1c1ccc(OCC(=O)OC)c(OCC)c1. The molecule has 1 atom stereocenters. The molecule has 0 aliphatic carbocycles. The van der Waals surface area contributed by atoms with Crippen LogP contribution in [0.1, 0.15) is 44.9 Å². The lowest BCUT2D eigenvalue weighted by Gasteiger charge is -2.25. The van der Waals surface area contributed by atoms with E-state index < -0.39 is 18.0 Å². The zero-order valence-corrected chi connectivity index (χ0v) is 26.3. The molecule has 0 fully saturated rings. The molecule has 1 aliphatic heterocycles. The van der Waals surface area contributed by atoms with Crippen molar-refractivity contribution in [2.75, 3.05) is 33.5 Å². The Morgan fingerprint density at radius 1 is 1.00 bits per heavy atom. The molecular weight excluding hydrogens is 628 g/mol. The summed E-state index contributed by atoms with van der Waals surface area (Å²) >= 11 is 4.71. The molecule has 4 rings (SSSR count). The number of hydrogen-bond acceptors (Lipinski definition) is 10. The van der Waals surface area contributed by atoms with E-state index >= 15 is 0 Å². The molecule has 0 spiro atoms. The molecule has 42 heavy (non-hydrogen) atoms. The van der Waals surface area contributed by atoms with E-state index in [4.69, 9.17) is 18.9 Å². The average molecular weight is 660 g/mol. The fraction of sp³-hybridized carbons (Fsp3) is 0.333. The van der Waals surface area contributed by atoms with E-state index in [2.05, 4.69) is 25.7 Å². The molecule has 2 heterocycles. The number of carbonyl (C=O) groups excluding carboxylic acids is 2. The van der Waals surface area contributed by atoms with Gasteiger partial charge in [0.05, 0.1) is 48.8 Å². The fourth-order valence-corrected chi connectivity index (χ4v) is 5.86. The van der Waals surface area contributed by atoms with Crippen LogP contribution in [0.15, 0.2) is 61.9 Å². The summed E-state index contributed by atoms with van der Waals surface area (Å²) in [6.45, 7) is 7.76. The molecule has 222 valence electrons. The van der Waals surface area contributed by atoms with Gasteiger partial charge in [0.1, 0.15) is 5.75 Å². The number of rotatable bonds is 11. The summed E-state index contributed by atoms with van der Waals surface area (Å²) in [6.07, 6.45) is 1.76. The number of ether oxygens (including phenoxy) is 5. The summed E-state index contributed by atoms with van der Waals surface area (Å²) in [6, 6.07) is 9.76. The van der Waals surface area contributed by atoms with Gasteiger partial charge in [0.25, 0.3) is 5.56 Å². The predicted octanol–water partition coefficient (Wildman–Crippen LogP) is 3.91. The summed E-state index contributed by atoms with van der Waals surface area (Å²) < 4.78 is 30.0. The van der Waals surface area contributed by atoms with E-state index in [1.807, 2.05) is 32.0 Å². The lowest BCUT2D eigenvalue weighted by molar-refractivity contribution is -0.143. The highest BCUT2D eigenvalue weighted by Crippen LogP contribution is 2.36. The normalized spacial score (nSPS) is 14.6. The number of allylic oxidation sites excluding steroid dienone is 1. The molecule has 0 amide bonds. The maximum atomic E-state index is 14.0. The predicted molar refractivity (Wildman–Crippen MR) is 161 cm³/mol. The Labute approximate surface area is 255 Å². The second-order valence-corrected chi connectivity index (χ2v) is 10.8. The van der Waals surface area contributed by atoms with Gasteiger partial charge in [-0.05, 0) is 69.7 Å². The third kappa shape index (κ3) is 6.60. The maximum Gasteiger partial charge on any atom is 0.343 e. The summed E-state index contributed by atoms with van der Waals surface area (Å²) in [5, 5.41) is 0. The number of hydrogen-bond donors (Lipinski definition) is 0. The third-order valence-corrected chi connectivity index (χ3v) is 7.71. The minimum Gasteiger partial charge on any atom is -0.493 e. The molecule has 0 saturated heterocycles. The average Bonchev–Trinajstić information content (AvgIpc) is 3.27. The van der Waals surface area contributed by atoms with Crippen molar-refractivity contribution in [2.45, 2.75) is 33.7 Å². The van der Waals surface area contributed by atoms with Crippen LogP contribution in [0.3, 0.4) is 0 Å². The van der Waals surface area contributed by atoms with Gasteiger partial charge in [-0.2, -0.15) is 0 Å². The Balaban J connectivity index is 1.92. The van der Waals surface area contributed by atoms with Crippen molar-refractivity contribution >= 4 is 45.3 Å². The molecule has 3 aromatic rings. The Kier molecular flexibility index (Phi) is 10.2. The van der Waals surface area contributed by atoms with Crippen LogP contribution in [0, 0.1) is 0 Å². The van der Waals surface area contributed by atoms with E-state index in [1.165, 1.54) is 23.0 Å².